The predicted octanol–water partition coefficient (Wildman–Crippen LogP) is 2.41. The quantitative estimate of drug-likeness (QED) is 0.659. The summed E-state index contributed by atoms with van der Waals surface area (Å²) in [5.74, 6) is -0.382. The van der Waals surface area contributed by atoms with Crippen molar-refractivity contribution in [2.24, 2.45) is 0 Å². The first-order valence-electron chi connectivity index (χ1n) is 7.21. The van der Waals surface area contributed by atoms with E-state index in [1.165, 1.54) is 7.11 Å². The number of amides is 1. The Bertz CT molecular complexity index is 506. The van der Waals surface area contributed by atoms with E-state index in [2.05, 4.69) is 25.6 Å². The lowest BCUT2D eigenvalue weighted by molar-refractivity contribution is -0.140. The Kier molecular flexibility index (Phi) is 8.12. The van der Waals surface area contributed by atoms with Gasteiger partial charge in [-0.25, -0.2) is 0 Å². The van der Waals surface area contributed by atoms with E-state index in [1.807, 2.05) is 32.3 Å². The molecule has 0 fully saturated rings. The van der Waals surface area contributed by atoms with Gasteiger partial charge in [0.05, 0.1) is 19.1 Å². The number of hydrogen-bond donors (Lipinski definition) is 0. The van der Waals surface area contributed by atoms with Gasteiger partial charge in [0.15, 0.2) is 0 Å². The topological polar surface area (TPSA) is 49.9 Å². The minimum Gasteiger partial charge on any atom is -0.469 e. The van der Waals surface area contributed by atoms with E-state index in [0.717, 1.165) is 17.4 Å². The molecule has 0 aliphatic rings. The number of benzene rings is 1. The SMILES string of the molecule is COC(=O)CCN(CCCN(C)C)C(=O)c1ccccc1Br. The van der Waals surface area contributed by atoms with Crippen molar-refractivity contribution in [1.29, 1.82) is 0 Å². The molecule has 0 N–H and O–H groups in total. The highest BCUT2D eigenvalue weighted by atomic mass is 79.9. The zero-order chi connectivity index (χ0) is 16.5. The smallest absolute Gasteiger partial charge is 0.307 e. The molecular formula is C16H23BrN2O3. The van der Waals surface area contributed by atoms with E-state index in [-0.39, 0.29) is 18.3 Å². The molecule has 1 aromatic carbocycles. The molecule has 0 heterocycles. The molecule has 1 rings (SSSR count). The van der Waals surface area contributed by atoms with Gasteiger partial charge in [0.1, 0.15) is 0 Å². The molecular weight excluding hydrogens is 348 g/mol. The number of carbonyl (C=O) groups is 2. The highest BCUT2D eigenvalue weighted by Crippen LogP contribution is 2.18. The van der Waals surface area contributed by atoms with Crippen LogP contribution in [0.4, 0.5) is 0 Å². The largest absolute Gasteiger partial charge is 0.469 e. The molecule has 0 saturated heterocycles. The molecule has 0 atom stereocenters. The maximum atomic E-state index is 12.7. The Morgan fingerprint density at radius 3 is 2.41 bits per heavy atom. The minimum absolute atomic E-state index is 0.0739. The lowest BCUT2D eigenvalue weighted by Crippen LogP contribution is -2.35. The lowest BCUT2D eigenvalue weighted by atomic mass is 10.2. The minimum atomic E-state index is -0.308. The monoisotopic (exact) mass is 370 g/mol. The van der Waals surface area contributed by atoms with Crippen molar-refractivity contribution in [1.82, 2.24) is 9.80 Å². The molecule has 6 heteroatoms. The van der Waals surface area contributed by atoms with Gasteiger partial charge in [-0.05, 0) is 55.1 Å². The summed E-state index contributed by atoms with van der Waals surface area (Å²) in [5.41, 5.74) is 0.609. The molecule has 5 nitrogen and oxygen atoms in total. The van der Waals surface area contributed by atoms with Gasteiger partial charge < -0.3 is 14.5 Å². The van der Waals surface area contributed by atoms with Crippen LogP contribution in [0.1, 0.15) is 23.2 Å². The van der Waals surface area contributed by atoms with Crippen molar-refractivity contribution in [3.05, 3.63) is 34.3 Å². The molecule has 22 heavy (non-hydrogen) atoms. The predicted molar refractivity (Wildman–Crippen MR) is 89.8 cm³/mol. The van der Waals surface area contributed by atoms with Crippen molar-refractivity contribution in [3.8, 4) is 0 Å². The number of ether oxygens (including phenoxy) is 1. The van der Waals surface area contributed by atoms with Crippen LogP contribution in [0.2, 0.25) is 0 Å². The van der Waals surface area contributed by atoms with Crippen molar-refractivity contribution in [2.75, 3.05) is 40.8 Å². The zero-order valence-electron chi connectivity index (χ0n) is 13.3. The molecule has 0 bridgehead atoms. The molecule has 122 valence electrons. The van der Waals surface area contributed by atoms with Crippen LogP contribution in [0.25, 0.3) is 0 Å². The Morgan fingerprint density at radius 1 is 1.14 bits per heavy atom. The van der Waals surface area contributed by atoms with Gasteiger partial charge in [-0.1, -0.05) is 12.1 Å². The molecule has 0 radical (unpaired) electrons. The number of halogens is 1. The van der Waals surface area contributed by atoms with Crippen LogP contribution >= 0.6 is 15.9 Å². The van der Waals surface area contributed by atoms with Gasteiger partial charge >= 0.3 is 5.97 Å². The van der Waals surface area contributed by atoms with Gasteiger partial charge in [0.2, 0.25) is 0 Å². The summed E-state index contributed by atoms with van der Waals surface area (Å²) in [5, 5.41) is 0. The van der Waals surface area contributed by atoms with Crippen molar-refractivity contribution in [2.45, 2.75) is 12.8 Å². The highest BCUT2D eigenvalue weighted by molar-refractivity contribution is 9.10. The van der Waals surface area contributed by atoms with Crippen molar-refractivity contribution < 1.29 is 14.3 Å². The lowest BCUT2D eigenvalue weighted by Gasteiger charge is -2.23. The van der Waals surface area contributed by atoms with Crippen molar-refractivity contribution >= 4 is 27.8 Å². The van der Waals surface area contributed by atoms with Crippen LogP contribution in [-0.2, 0) is 9.53 Å². The first kappa shape index (κ1) is 18.6. The van der Waals surface area contributed by atoms with Gasteiger partial charge in [0, 0.05) is 17.6 Å². The van der Waals surface area contributed by atoms with Crippen LogP contribution in [0.3, 0.4) is 0 Å². The first-order chi connectivity index (χ1) is 10.5. The van der Waals surface area contributed by atoms with Crippen LogP contribution in [-0.4, -0.2) is 62.5 Å². The third-order valence-electron chi connectivity index (χ3n) is 3.24. The number of rotatable bonds is 8. The van der Waals surface area contributed by atoms with E-state index >= 15 is 0 Å². The van der Waals surface area contributed by atoms with E-state index in [0.29, 0.717) is 18.7 Å². The maximum Gasteiger partial charge on any atom is 0.307 e. The Balaban J connectivity index is 2.76. The van der Waals surface area contributed by atoms with Crippen LogP contribution in [0, 0.1) is 0 Å². The average molecular weight is 371 g/mol. The summed E-state index contributed by atoms with van der Waals surface area (Å²) in [6, 6.07) is 7.32. The summed E-state index contributed by atoms with van der Waals surface area (Å²) in [6.45, 7) is 1.85. The summed E-state index contributed by atoms with van der Waals surface area (Å²) < 4.78 is 5.42. The molecule has 0 aromatic heterocycles. The fourth-order valence-corrected chi connectivity index (χ4v) is 2.48. The standard InChI is InChI=1S/C16H23BrN2O3/c1-18(2)10-6-11-19(12-9-15(20)22-3)16(21)13-7-4-5-8-14(13)17/h4-5,7-8H,6,9-12H2,1-3H3. The summed E-state index contributed by atoms with van der Waals surface area (Å²) in [6.07, 6.45) is 1.05. The van der Waals surface area contributed by atoms with E-state index in [9.17, 15) is 9.59 Å². The Hall–Kier alpha value is -1.40. The first-order valence-corrected chi connectivity index (χ1v) is 8.00. The number of hydrogen-bond acceptors (Lipinski definition) is 4. The molecule has 0 saturated carbocycles. The molecule has 1 aromatic rings. The Morgan fingerprint density at radius 2 is 1.82 bits per heavy atom. The molecule has 0 spiro atoms. The average Bonchev–Trinajstić information content (AvgIpc) is 2.49. The van der Waals surface area contributed by atoms with Crippen LogP contribution in [0.5, 0.6) is 0 Å². The normalized spacial score (nSPS) is 10.6. The Labute approximate surface area is 140 Å². The van der Waals surface area contributed by atoms with E-state index in [4.69, 9.17) is 0 Å². The summed E-state index contributed by atoms with van der Waals surface area (Å²) in [7, 11) is 5.34. The van der Waals surface area contributed by atoms with Gasteiger partial charge in [-0.2, -0.15) is 0 Å². The third kappa shape index (κ3) is 6.15. The highest BCUT2D eigenvalue weighted by Gasteiger charge is 2.18. The third-order valence-corrected chi connectivity index (χ3v) is 3.93. The number of nitrogens with zero attached hydrogens (tertiary/aromatic N) is 2. The number of carbonyl (C=O) groups excluding carboxylic acids is 2. The van der Waals surface area contributed by atoms with Crippen LogP contribution in [0.15, 0.2) is 28.7 Å². The molecule has 0 unspecified atom stereocenters. The van der Waals surface area contributed by atoms with Gasteiger partial charge in [-0.3, -0.25) is 9.59 Å². The number of methoxy groups -OCH3 is 1. The van der Waals surface area contributed by atoms with E-state index < -0.39 is 0 Å². The second-order valence-corrected chi connectivity index (χ2v) is 6.11. The molecule has 0 aliphatic carbocycles. The second kappa shape index (κ2) is 9.58. The number of esters is 1. The second-order valence-electron chi connectivity index (χ2n) is 5.26. The maximum absolute atomic E-state index is 12.7. The van der Waals surface area contributed by atoms with Gasteiger partial charge in [-0.15, -0.1) is 0 Å². The van der Waals surface area contributed by atoms with Gasteiger partial charge in [0.25, 0.3) is 5.91 Å². The summed E-state index contributed by atoms with van der Waals surface area (Å²) in [4.78, 5) is 27.8. The van der Waals surface area contributed by atoms with Crippen molar-refractivity contribution in [3.63, 3.8) is 0 Å². The zero-order valence-corrected chi connectivity index (χ0v) is 14.9. The summed E-state index contributed by atoms with van der Waals surface area (Å²) >= 11 is 3.40. The molecule has 1 amide bonds. The van der Waals surface area contributed by atoms with Crippen LogP contribution < -0.4 is 0 Å². The van der Waals surface area contributed by atoms with E-state index in [1.54, 1.807) is 11.0 Å². The molecule has 0 aliphatic heterocycles. The fraction of sp³-hybridized carbons (Fsp3) is 0.500. The fourth-order valence-electron chi connectivity index (χ4n) is 2.03.